The van der Waals surface area contributed by atoms with Gasteiger partial charge < -0.3 is 14.8 Å². The molecule has 0 atom stereocenters. The minimum absolute atomic E-state index is 0.260. The molecule has 23 heavy (non-hydrogen) atoms. The summed E-state index contributed by atoms with van der Waals surface area (Å²) in [6, 6.07) is 10.8. The van der Waals surface area contributed by atoms with Crippen LogP contribution in [0, 0.1) is 0 Å². The molecule has 0 saturated carbocycles. The number of hydrogen-bond donors (Lipinski definition) is 1. The van der Waals surface area contributed by atoms with Crippen LogP contribution in [0.5, 0.6) is 11.5 Å². The van der Waals surface area contributed by atoms with E-state index in [9.17, 15) is 4.79 Å². The number of fused-ring (bicyclic) bond motifs is 1. The predicted molar refractivity (Wildman–Crippen MR) is 94.2 cm³/mol. The van der Waals surface area contributed by atoms with Crippen LogP contribution in [-0.4, -0.2) is 19.1 Å². The molecular formula is C17H13BrClNO3. The molecule has 2 aromatic rings. The van der Waals surface area contributed by atoms with Gasteiger partial charge in [-0.3, -0.25) is 4.79 Å². The zero-order chi connectivity index (χ0) is 16.2. The number of nitrogens with one attached hydrogen (secondary N) is 1. The van der Waals surface area contributed by atoms with Crippen LogP contribution in [0.4, 0.5) is 5.69 Å². The van der Waals surface area contributed by atoms with E-state index in [1.54, 1.807) is 18.2 Å². The molecular weight excluding hydrogens is 382 g/mol. The van der Waals surface area contributed by atoms with Crippen molar-refractivity contribution in [1.29, 1.82) is 0 Å². The maximum Gasteiger partial charge on any atom is 0.248 e. The molecule has 3 rings (SSSR count). The molecule has 0 saturated heterocycles. The fraction of sp³-hybridized carbons (Fsp3) is 0.118. The van der Waals surface area contributed by atoms with Crippen LogP contribution >= 0.6 is 27.5 Å². The SMILES string of the molecule is O=C(C=Cc1ccc2c(c1)OCCO2)Nc1ccc(Br)cc1Cl. The average Bonchev–Trinajstić information content (AvgIpc) is 2.55. The number of rotatable bonds is 3. The lowest BCUT2D eigenvalue weighted by molar-refractivity contribution is -0.111. The summed E-state index contributed by atoms with van der Waals surface area (Å²) in [7, 11) is 0. The standard InChI is InChI=1S/C17H13BrClNO3/c18-12-3-4-14(13(19)10-12)20-17(21)6-2-11-1-5-15-16(9-11)23-8-7-22-15/h1-6,9-10H,7-8H2,(H,20,21). The van der Waals surface area contributed by atoms with Crippen LogP contribution in [0.15, 0.2) is 46.9 Å². The molecule has 0 bridgehead atoms. The first kappa shape index (κ1) is 15.9. The van der Waals surface area contributed by atoms with Gasteiger partial charge in [0.15, 0.2) is 11.5 Å². The Hall–Kier alpha value is -1.98. The first-order valence-electron chi connectivity index (χ1n) is 6.95. The first-order chi connectivity index (χ1) is 11.1. The molecule has 0 fully saturated rings. The van der Waals surface area contributed by atoms with Gasteiger partial charge in [0.25, 0.3) is 0 Å². The highest BCUT2D eigenvalue weighted by Crippen LogP contribution is 2.31. The monoisotopic (exact) mass is 393 g/mol. The van der Waals surface area contributed by atoms with Gasteiger partial charge in [0.2, 0.25) is 5.91 Å². The largest absolute Gasteiger partial charge is 0.486 e. The van der Waals surface area contributed by atoms with Crippen molar-refractivity contribution >= 4 is 45.2 Å². The normalized spacial score (nSPS) is 13.1. The van der Waals surface area contributed by atoms with Crippen molar-refractivity contribution < 1.29 is 14.3 Å². The Balaban J connectivity index is 1.68. The van der Waals surface area contributed by atoms with E-state index in [2.05, 4.69) is 21.2 Å². The molecule has 1 aliphatic rings. The number of ether oxygens (including phenoxy) is 2. The molecule has 118 valence electrons. The molecule has 6 heteroatoms. The predicted octanol–water partition coefficient (Wildman–Crippen LogP) is 4.53. The molecule has 1 aliphatic heterocycles. The topological polar surface area (TPSA) is 47.6 Å². The second-order valence-electron chi connectivity index (χ2n) is 4.85. The summed E-state index contributed by atoms with van der Waals surface area (Å²) < 4.78 is 11.8. The fourth-order valence-corrected chi connectivity index (χ4v) is 2.82. The van der Waals surface area contributed by atoms with Gasteiger partial charge in [-0.2, -0.15) is 0 Å². The lowest BCUT2D eigenvalue weighted by Gasteiger charge is -2.18. The summed E-state index contributed by atoms with van der Waals surface area (Å²) in [6.45, 7) is 1.08. The van der Waals surface area contributed by atoms with Gasteiger partial charge in [-0.15, -0.1) is 0 Å². The third-order valence-corrected chi connectivity index (χ3v) is 3.99. The Morgan fingerprint density at radius 1 is 1.13 bits per heavy atom. The van der Waals surface area contributed by atoms with Crippen LogP contribution < -0.4 is 14.8 Å². The van der Waals surface area contributed by atoms with Crippen LogP contribution in [-0.2, 0) is 4.79 Å². The summed E-state index contributed by atoms with van der Waals surface area (Å²) in [5, 5.41) is 3.21. The second-order valence-corrected chi connectivity index (χ2v) is 6.17. The van der Waals surface area contributed by atoms with Gasteiger partial charge in [-0.1, -0.05) is 33.6 Å². The van der Waals surface area contributed by atoms with Crippen molar-refractivity contribution in [3.8, 4) is 11.5 Å². The third-order valence-electron chi connectivity index (χ3n) is 3.18. The van der Waals surface area contributed by atoms with Gasteiger partial charge in [-0.05, 0) is 42.0 Å². The lowest BCUT2D eigenvalue weighted by atomic mass is 10.2. The van der Waals surface area contributed by atoms with Gasteiger partial charge >= 0.3 is 0 Å². The quantitative estimate of drug-likeness (QED) is 0.778. The van der Waals surface area contributed by atoms with E-state index in [0.717, 1.165) is 15.8 Å². The smallest absolute Gasteiger partial charge is 0.248 e. The van der Waals surface area contributed by atoms with Gasteiger partial charge in [0, 0.05) is 10.5 Å². The molecule has 0 unspecified atom stereocenters. The second kappa shape index (κ2) is 7.06. The van der Waals surface area contributed by atoms with Crippen LogP contribution in [0.1, 0.15) is 5.56 Å². The minimum Gasteiger partial charge on any atom is -0.486 e. The van der Waals surface area contributed by atoms with Crippen LogP contribution in [0.3, 0.4) is 0 Å². The molecule has 0 aromatic heterocycles. The van der Waals surface area contributed by atoms with Crippen molar-refractivity contribution in [3.05, 3.63) is 57.5 Å². The summed E-state index contributed by atoms with van der Waals surface area (Å²) in [5.41, 5.74) is 1.41. The van der Waals surface area contributed by atoms with E-state index in [0.29, 0.717) is 29.7 Å². The summed E-state index contributed by atoms with van der Waals surface area (Å²) in [6.07, 6.45) is 3.16. The molecule has 1 N–H and O–H groups in total. The number of carbonyl (C=O) groups excluding carboxylic acids is 1. The molecule has 1 heterocycles. The molecule has 4 nitrogen and oxygen atoms in total. The van der Waals surface area contributed by atoms with Crippen molar-refractivity contribution in [2.45, 2.75) is 0 Å². The van der Waals surface area contributed by atoms with E-state index in [4.69, 9.17) is 21.1 Å². The Bertz CT molecular complexity index is 776. The van der Waals surface area contributed by atoms with Gasteiger partial charge in [0.1, 0.15) is 13.2 Å². The minimum atomic E-state index is -0.260. The highest BCUT2D eigenvalue weighted by atomic mass is 79.9. The Kier molecular flexibility index (Phi) is 4.88. The number of carbonyl (C=O) groups is 1. The fourth-order valence-electron chi connectivity index (χ4n) is 2.10. The summed E-state index contributed by atoms with van der Waals surface area (Å²) in [5.74, 6) is 1.15. The third kappa shape index (κ3) is 4.06. The number of anilines is 1. The maximum absolute atomic E-state index is 12.0. The molecule has 0 spiro atoms. The van der Waals surface area contributed by atoms with Gasteiger partial charge in [0.05, 0.1) is 10.7 Å². The first-order valence-corrected chi connectivity index (χ1v) is 8.13. The molecule has 2 aromatic carbocycles. The van der Waals surface area contributed by atoms with Crippen molar-refractivity contribution in [3.63, 3.8) is 0 Å². The van der Waals surface area contributed by atoms with E-state index in [1.165, 1.54) is 6.08 Å². The zero-order valence-electron chi connectivity index (χ0n) is 12.0. The van der Waals surface area contributed by atoms with E-state index >= 15 is 0 Å². The molecule has 0 radical (unpaired) electrons. The van der Waals surface area contributed by atoms with Gasteiger partial charge in [-0.25, -0.2) is 0 Å². The Morgan fingerprint density at radius 2 is 1.91 bits per heavy atom. The van der Waals surface area contributed by atoms with E-state index in [1.807, 2.05) is 24.3 Å². The Labute approximate surface area is 147 Å². The number of halogens is 2. The maximum atomic E-state index is 12.0. The van der Waals surface area contributed by atoms with E-state index in [-0.39, 0.29) is 5.91 Å². The lowest BCUT2D eigenvalue weighted by Crippen LogP contribution is -2.15. The highest BCUT2D eigenvalue weighted by molar-refractivity contribution is 9.10. The van der Waals surface area contributed by atoms with Crippen LogP contribution in [0.2, 0.25) is 5.02 Å². The Morgan fingerprint density at radius 3 is 2.70 bits per heavy atom. The van der Waals surface area contributed by atoms with E-state index < -0.39 is 0 Å². The van der Waals surface area contributed by atoms with Crippen molar-refractivity contribution in [2.24, 2.45) is 0 Å². The molecule has 1 amide bonds. The number of hydrogen-bond acceptors (Lipinski definition) is 3. The number of amides is 1. The summed E-state index contributed by atoms with van der Waals surface area (Å²) >= 11 is 9.39. The van der Waals surface area contributed by atoms with Crippen molar-refractivity contribution in [2.75, 3.05) is 18.5 Å². The highest BCUT2D eigenvalue weighted by Gasteiger charge is 2.11. The molecule has 0 aliphatic carbocycles. The van der Waals surface area contributed by atoms with Crippen LogP contribution in [0.25, 0.3) is 6.08 Å². The average molecular weight is 395 g/mol. The summed E-state index contributed by atoms with van der Waals surface area (Å²) in [4.78, 5) is 12.0. The number of benzene rings is 2. The van der Waals surface area contributed by atoms with Crippen molar-refractivity contribution in [1.82, 2.24) is 0 Å². The zero-order valence-corrected chi connectivity index (χ0v) is 14.4.